The van der Waals surface area contributed by atoms with E-state index in [0.717, 1.165) is 12.0 Å². The van der Waals surface area contributed by atoms with E-state index in [1.54, 1.807) is 24.3 Å². The van der Waals surface area contributed by atoms with Gasteiger partial charge in [0.2, 0.25) is 11.7 Å². The van der Waals surface area contributed by atoms with Gasteiger partial charge in [-0.2, -0.15) is 0 Å². The molecule has 0 fully saturated rings. The Morgan fingerprint density at radius 3 is 2.95 bits per heavy atom. The largest absolute Gasteiger partial charge is 0.452 e. The van der Waals surface area contributed by atoms with E-state index in [4.69, 9.17) is 4.74 Å². The second-order valence-corrected chi connectivity index (χ2v) is 5.09. The molecule has 1 heterocycles. The Morgan fingerprint density at radius 1 is 1.27 bits per heavy atom. The highest BCUT2D eigenvalue weighted by Gasteiger charge is 2.27. The Labute approximate surface area is 128 Å². The lowest BCUT2D eigenvalue weighted by atomic mass is 10.1. The zero-order valence-electron chi connectivity index (χ0n) is 12.1. The third kappa shape index (κ3) is 2.91. The van der Waals surface area contributed by atoms with Crippen LogP contribution in [0.1, 0.15) is 23.7 Å². The van der Waals surface area contributed by atoms with Crippen LogP contribution in [0.4, 0.5) is 5.69 Å². The molecule has 1 aliphatic heterocycles. The fourth-order valence-corrected chi connectivity index (χ4v) is 2.34. The molecule has 4 heteroatoms. The zero-order valence-corrected chi connectivity index (χ0v) is 12.1. The first-order valence-electron chi connectivity index (χ1n) is 7.02. The molecule has 22 heavy (non-hydrogen) atoms. The van der Waals surface area contributed by atoms with Crippen LogP contribution in [0.2, 0.25) is 0 Å². The fraction of sp³-hybridized carbons (Fsp3) is 0.111. The molecular weight excluding hydrogens is 278 g/mol. The lowest BCUT2D eigenvalue weighted by molar-refractivity contribution is -0.114. The summed E-state index contributed by atoms with van der Waals surface area (Å²) in [6, 6.07) is 5.05. The van der Waals surface area contributed by atoms with Crippen molar-refractivity contribution in [2.75, 3.05) is 5.32 Å². The van der Waals surface area contributed by atoms with Gasteiger partial charge in [0.15, 0.2) is 5.76 Å². The molecule has 0 aromatic heterocycles. The van der Waals surface area contributed by atoms with Gasteiger partial charge < -0.3 is 10.1 Å². The SMILES string of the molecule is CC(=O)Nc1ccc2c(c1)C(=O)/C(=C/C1=CC=CC=CC1)O2. The number of fused-ring (bicyclic) bond motifs is 1. The van der Waals surface area contributed by atoms with E-state index < -0.39 is 0 Å². The summed E-state index contributed by atoms with van der Waals surface area (Å²) in [4.78, 5) is 23.5. The molecule has 1 aliphatic carbocycles. The molecule has 4 nitrogen and oxygen atoms in total. The first-order valence-corrected chi connectivity index (χ1v) is 7.02. The van der Waals surface area contributed by atoms with Crippen molar-refractivity contribution in [2.24, 2.45) is 0 Å². The van der Waals surface area contributed by atoms with Crippen molar-refractivity contribution in [3.05, 3.63) is 71.6 Å². The number of carbonyl (C=O) groups excluding carboxylic acids is 2. The maximum Gasteiger partial charge on any atom is 0.232 e. The summed E-state index contributed by atoms with van der Waals surface area (Å²) in [5.41, 5.74) is 2.06. The predicted octanol–water partition coefficient (Wildman–Crippen LogP) is 3.55. The van der Waals surface area contributed by atoms with Gasteiger partial charge in [-0.15, -0.1) is 0 Å². The highest BCUT2D eigenvalue weighted by Crippen LogP contribution is 2.33. The number of hydrogen-bond acceptors (Lipinski definition) is 3. The van der Waals surface area contributed by atoms with E-state index >= 15 is 0 Å². The molecule has 1 aromatic carbocycles. The van der Waals surface area contributed by atoms with Crippen LogP contribution in [0, 0.1) is 0 Å². The summed E-state index contributed by atoms with van der Waals surface area (Å²) in [5.74, 6) is 0.486. The third-order valence-electron chi connectivity index (χ3n) is 3.33. The summed E-state index contributed by atoms with van der Waals surface area (Å²) in [7, 11) is 0. The number of benzene rings is 1. The number of allylic oxidation sites excluding steroid dienone is 8. The summed E-state index contributed by atoms with van der Waals surface area (Å²) in [6.07, 6.45) is 12.3. The normalized spacial score (nSPS) is 17.8. The highest BCUT2D eigenvalue weighted by molar-refractivity contribution is 6.13. The van der Waals surface area contributed by atoms with Crippen LogP contribution in [0.3, 0.4) is 0 Å². The van der Waals surface area contributed by atoms with Gasteiger partial charge in [-0.25, -0.2) is 0 Å². The van der Waals surface area contributed by atoms with Crippen molar-refractivity contribution in [1.29, 1.82) is 0 Å². The number of ether oxygens (including phenoxy) is 1. The predicted molar refractivity (Wildman–Crippen MR) is 84.8 cm³/mol. The van der Waals surface area contributed by atoms with Crippen LogP contribution in [-0.2, 0) is 4.79 Å². The monoisotopic (exact) mass is 293 g/mol. The van der Waals surface area contributed by atoms with Crippen LogP contribution in [0.15, 0.2) is 66.0 Å². The molecule has 2 aliphatic rings. The summed E-state index contributed by atoms with van der Waals surface area (Å²) < 4.78 is 5.63. The Balaban J connectivity index is 1.88. The molecule has 0 unspecified atom stereocenters. The molecular formula is C18H15NO3. The standard InChI is InChI=1S/C18H15NO3/c1-12(20)19-14-8-9-16-15(11-14)18(21)17(22-16)10-13-6-4-2-3-5-7-13/h2-6,8-11H,7H2,1H3,(H,19,20)/b17-10-. The maximum absolute atomic E-state index is 12.4. The van der Waals surface area contributed by atoms with E-state index in [1.165, 1.54) is 6.92 Å². The van der Waals surface area contributed by atoms with E-state index in [0.29, 0.717) is 22.8 Å². The second kappa shape index (κ2) is 5.85. The molecule has 0 saturated heterocycles. The van der Waals surface area contributed by atoms with Crippen molar-refractivity contribution in [3.8, 4) is 5.75 Å². The van der Waals surface area contributed by atoms with Crippen LogP contribution < -0.4 is 10.1 Å². The van der Waals surface area contributed by atoms with E-state index in [2.05, 4.69) is 5.32 Å². The molecule has 1 N–H and O–H groups in total. The number of anilines is 1. The van der Waals surface area contributed by atoms with Crippen LogP contribution >= 0.6 is 0 Å². The van der Waals surface area contributed by atoms with Crippen molar-refractivity contribution in [2.45, 2.75) is 13.3 Å². The van der Waals surface area contributed by atoms with Crippen molar-refractivity contribution in [3.63, 3.8) is 0 Å². The van der Waals surface area contributed by atoms with Gasteiger partial charge in [-0.3, -0.25) is 9.59 Å². The first kappa shape index (κ1) is 14.1. The average molecular weight is 293 g/mol. The molecule has 0 atom stereocenters. The van der Waals surface area contributed by atoms with Gasteiger partial charge in [-0.05, 0) is 36.3 Å². The third-order valence-corrected chi connectivity index (χ3v) is 3.33. The molecule has 0 radical (unpaired) electrons. The molecule has 110 valence electrons. The van der Waals surface area contributed by atoms with E-state index in [9.17, 15) is 9.59 Å². The Bertz CT molecular complexity index is 767. The Hall–Kier alpha value is -2.88. The topological polar surface area (TPSA) is 55.4 Å². The van der Waals surface area contributed by atoms with Gasteiger partial charge in [-0.1, -0.05) is 30.4 Å². The van der Waals surface area contributed by atoms with Crippen LogP contribution in [-0.4, -0.2) is 11.7 Å². The number of hydrogen-bond donors (Lipinski definition) is 1. The first-order chi connectivity index (χ1) is 10.6. The summed E-state index contributed by atoms with van der Waals surface area (Å²) in [5, 5.41) is 2.66. The number of carbonyl (C=O) groups is 2. The van der Waals surface area contributed by atoms with Gasteiger partial charge in [0.05, 0.1) is 5.56 Å². The summed E-state index contributed by atoms with van der Waals surface area (Å²) >= 11 is 0. The minimum absolute atomic E-state index is 0.166. The van der Waals surface area contributed by atoms with Gasteiger partial charge in [0.1, 0.15) is 5.75 Å². The second-order valence-electron chi connectivity index (χ2n) is 5.09. The average Bonchev–Trinajstić information content (AvgIpc) is 2.67. The highest BCUT2D eigenvalue weighted by atomic mass is 16.5. The van der Waals surface area contributed by atoms with Crippen LogP contribution in [0.25, 0.3) is 0 Å². The molecule has 0 saturated carbocycles. The lowest BCUT2D eigenvalue weighted by Crippen LogP contribution is -2.06. The minimum Gasteiger partial charge on any atom is -0.452 e. The number of ketones is 1. The number of Topliss-reactive ketones (excluding diaryl/α,β-unsaturated/α-hetero) is 1. The Morgan fingerprint density at radius 2 is 2.14 bits per heavy atom. The van der Waals surface area contributed by atoms with Crippen LogP contribution in [0.5, 0.6) is 5.75 Å². The lowest BCUT2D eigenvalue weighted by Gasteiger charge is -2.02. The molecule has 1 aromatic rings. The van der Waals surface area contributed by atoms with Crippen molar-refractivity contribution < 1.29 is 14.3 Å². The quantitative estimate of drug-likeness (QED) is 0.848. The van der Waals surface area contributed by atoms with Crippen molar-refractivity contribution >= 4 is 17.4 Å². The number of amides is 1. The summed E-state index contributed by atoms with van der Waals surface area (Å²) in [6.45, 7) is 1.43. The minimum atomic E-state index is -0.177. The van der Waals surface area contributed by atoms with Crippen molar-refractivity contribution in [1.82, 2.24) is 0 Å². The smallest absolute Gasteiger partial charge is 0.232 e. The van der Waals surface area contributed by atoms with E-state index in [-0.39, 0.29) is 11.7 Å². The Kier molecular flexibility index (Phi) is 3.74. The number of nitrogens with one attached hydrogen (secondary N) is 1. The maximum atomic E-state index is 12.4. The molecule has 0 spiro atoms. The molecule has 0 bridgehead atoms. The molecule has 3 rings (SSSR count). The zero-order chi connectivity index (χ0) is 15.5. The van der Waals surface area contributed by atoms with Gasteiger partial charge in [0, 0.05) is 12.6 Å². The fourth-order valence-electron chi connectivity index (χ4n) is 2.34. The van der Waals surface area contributed by atoms with Gasteiger partial charge >= 0.3 is 0 Å². The number of rotatable bonds is 2. The molecule has 1 amide bonds. The van der Waals surface area contributed by atoms with Gasteiger partial charge in [0.25, 0.3) is 0 Å². The van der Waals surface area contributed by atoms with E-state index in [1.807, 2.05) is 30.4 Å².